The summed E-state index contributed by atoms with van der Waals surface area (Å²) in [4.78, 5) is 14.3. The maximum absolute atomic E-state index is 11.0. The fraction of sp³-hybridized carbons (Fsp3) is 0.167. The minimum Gasteiger partial charge on any atom is -0.859 e. The summed E-state index contributed by atoms with van der Waals surface area (Å²) in [6, 6.07) is 3.77. The second-order valence-electron chi connectivity index (χ2n) is 3.87. The van der Waals surface area contributed by atoms with Gasteiger partial charge in [-0.2, -0.15) is 8.42 Å². The molecule has 8 nitrogen and oxygen atoms in total. The number of hydrogen-bond donors (Lipinski definition) is 1. The van der Waals surface area contributed by atoms with Crippen molar-refractivity contribution in [2.75, 3.05) is 0 Å². The number of benzene rings is 1. The Morgan fingerprint density at radius 1 is 1.30 bits per heavy atom. The van der Waals surface area contributed by atoms with Gasteiger partial charge in [-0.3, -0.25) is 9.55 Å². The van der Waals surface area contributed by atoms with E-state index in [2.05, 4.69) is 15.8 Å². The van der Waals surface area contributed by atoms with Crippen LogP contribution in [0.15, 0.2) is 41.9 Å². The molecule has 0 bridgehead atoms. The van der Waals surface area contributed by atoms with Crippen LogP contribution in [0.3, 0.4) is 0 Å². The second kappa shape index (κ2) is 11.2. The molecule has 0 aliphatic heterocycles. The van der Waals surface area contributed by atoms with Crippen LogP contribution < -0.4 is 73.5 Å². The predicted octanol–water partition coefficient (Wildman–Crippen LogP) is -7.52. The predicted molar refractivity (Wildman–Crippen MR) is 68.7 cm³/mol. The normalized spacial score (nSPS) is 12.3. The molecule has 0 saturated heterocycles. The average molecular weight is 359 g/mol. The minimum atomic E-state index is -4.62. The molecular formula is C12H11NNa2O7S. The molecule has 0 saturated carbocycles. The van der Waals surface area contributed by atoms with E-state index < -0.39 is 28.3 Å². The number of carbonyl (C=O) groups is 1. The number of aliphatic carboxylic acids is 1. The van der Waals surface area contributed by atoms with Crippen LogP contribution in [-0.4, -0.2) is 30.9 Å². The van der Waals surface area contributed by atoms with Gasteiger partial charge in [0.05, 0.1) is 12.0 Å². The van der Waals surface area contributed by atoms with E-state index in [1.165, 1.54) is 24.3 Å². The van der Waals surface area contributed by atoms with Gasteiger partial charge in [0, 0.05) is 6.42 Å². The fourth-order valence-electron chi connectivity index (χ4n) is 1.41. The summed E-state index contributed by atoms with van der Waals surface area (Å²) in [6.07, 6.45) is 0.743. The molecule has 1 aromatic rings. The first-order valence-electron chi connectivity index (χ1n) is 5.55. The minimum absolute atomic E-state index is 0. The van der Waals surface area contributed by atoms with Gasteiger partial charge in [-0.05, 0) is 23.6 Å². The number of carbonyl (C=O) groups excluding carboxylic acids is 1. The average Bonchev–Trinajstić information content (AvgIpc) is 2.38. The van der Waals surface area contributed by atoms with E-state index in [1.807, 2.05) is 0 Å². The van der Waals surface area contributed by atoms with E-state index in [4.69, 9.17) is 4.55 Å². The van der Waals surface area contributed by atoms with Gasteiger partial charge < -0.3 is 19.2 Å². The first-order valence-corrected chi connectivity index (χ1v) is 6.91. The zero-order valence-electron chi connectivity index (χ0n) is 12.6. The number of aliphatic imine (C=N–C) groups is 1. The van der Waals surface area contributed by atoms with Crippen LogP contribution in [0.2, 0.25) is 0 Å². The fourth-order valence-corrected chi connectivity index (χ4v) is 1.77. The summed E-state index contributed by atoms with van der Waals surface area (Å²) in [6.45, 7) is 3.17. The zero-order valence-corrected chi connectivity index (χ0v) is 17.4. The molecule has 0 amide bonds. The van der Waals surface area contributed by atoms with Gasteiger partial charge in [-0.25, -0.2) is 0 Å². The Hall–Kier alpha value is -0.390. The maximum atomic E-state index is 11.0. The molecule has 1 rings (SSSR count). The summed E-state index contributed by atoms with van der Waals surface area (Å²) in [5.41, 5.74) is 0.451. The Morgan fingerprint density at radius 2 is 1.83 bits per heavy atom. The summed E-state index contributed by atoms with van der Waals surface area (Å²) in [5.74, 6) is -2.45. The van der Waals surface area contributed by atoms with Crippen LogP contribution in [0.4, 0.5) is 0 Å². The molecule has 114 valence electrons. The molecule has 1 atom stereocenters. The van der Waals surface area contributed by atoms with Crippen molar-refractivity contribution < 1.29 is 91.3 Å². The molecule has 1 aromatic carbocycles. The van der Waals surface area contributed by atoms with Crippen LogP contribution in [0.25, 0.3) is 0 Å². The molecule has 11 heteroatoms. The van der Waals surface area contributed by atoms with Crippen molar-refractivity contribution in [1.29, 1.82) is 0 Å². The monoisotopic (exact) mass is 359 g/mol. The molecule has 0 aliphatic carbocycles. The number of rotatable bonds is 7. The van der Waals surface area contributed by atoms with Gasteiger partial charge in [0.25, 0.3) is 0 Å². The van der Waals surface area contributed by atoms with Gasteiger partial charge in [0.1, 0.15) is 5.75 Å². The third-order valence-electron chi connectivity index (χ3n) is 2.28. The number of carboxylic acids is 1. The van der Waals surface area contributed by atoms with Gasteiger partial charge in [-0.1, -0.05) is 24.8 Å². The van der Waals surface area contributed by atoms with Crippen LogP contribution in [0, 0.1) is 0 Å². The second-order valence-corrected chi connectivity index (χ2v) is 4.89. The van der Waals surface area contributed by atoms with Gasteiger partial charge >= 0.3 is 69.5 Å². The Morgan fingerprint density at radius 3 is 2.22 bits per heavy atom. The summed E-state index contributed by atoms with van der Waals surface area (Å²) < 4.78 is 33.7. The zero-order chi connectivity index (χ0) is 16.0. The molecule has 23 heavy (non-hydrogen) atoms. The molecule has 1 N–H and O–H groups in total. The molecule has 0 spiro atoms. The molecular weight excluding hydrogens is 348 g/mol. The number of hydrogen-bond acceptors (Lipinski definition) is 7. The van der Waals surface area contributed by atoms with E-state index in [9.17, 15) is 23.4 Å². The Labute approximate surface area is 177 Å². The molecule has 0 radical (unpaired) electrons. The third kappa shape index (κ3) is 10.2. The summed E-state index contributed by atoms with van der Waals surface area (Å²) >= 11 is 0. The van der Waals surface area contributed by atoms with Crippen LogP contribution >= 0.6 is 0 Å². The van der Waals surface area contributed by atoms with Crippen molar-refractivity contribution in [3.63, 3.8) is 0 Å². The van der Waals surface area contributed by atoms with E-state index in [0.717, 1.165) is 6.08 Å². The van der Waals surface area contributed by atoms with Crippen molar-refractivity contribution in [2.45, 2.75) is 12.5 Å². The first-order chi connectivity index (χ1) is 9.71. The topological polar surface area (TPSA) is 139 Å². The van der Waals surface area contributed by atoms with Crippen molar-refractivity contribution in [2.24, 2.45) is 4.99 Å². The third-order valence-corrected chi connectivity index (χ3v) is 2.69. The SMILES string of the molecule is C=CC([O-])=N[C@H](Cc1ccc(OS(=O)(=O)O)cc1)C(=O)[O-].[Na+].[Na+]. The van der Waals surface area contributed by atoms with Crippen LogP contribution in [0.1, 0.15) is 5.56 Å². The van der Waals surface area contributed by atoms with E-state index in [0.29, 0.717) is 5.56 Å². The van der Waals surface area contributed by atoms with E-state index in [1.54, 1.807) is 0 Å². The molecule has 0 aliphatic rings. The van der Waals surface area contributed by atoms with E-state index >= 15 is 0 Å². The number of carboxylic acid groups (broad SMARTS) is 1. The van der Waals surface area contributed by atoms with Gasteiger partial charge in [0.2, 0.25) is 0 Å². The standard InChI is InChI=1S/C12H13NO7S.2Na/c1-2-11(14)13-10(12(15)16)7-8-3-5-9(6-4-8)20-21(17,18)19;;/h2-6,10H,1,7H2,(H,13,14)(H,15,16)(H,17,18,19);;/q;2*+1/p-2/t10-;;/m1../s1. The van der Waals surface area contributed by atoms with Crippen LogP contribution in [-0.2, 0) is 21.6 Å². The largest absolute Gasteiger partial charge is 1.00 e. The van der Waals surface area contributed by atoms with Crippen molar-refractivity contribution in [3.8, 4) is 5.75 Å². The first kappa shape index (κ1) is 24.9. The van der Waals surface area contributed by atoms with Gasteiger partial charge in [0.15, 0.2) is 0 Å². The number of nitrogens with zero attached hydrogens (tertiary/aromatic N) is 1. The quantitative estimate of drug-likeness (QED) is 0.221. The molecule has 0 heterocycles. The summed E-state index contributed by atoms with van der Waals surface area (Å²) in [7, 11) is -4.62. The van der Waals surface area contributed by atoms with Crippen molar-refractivity contribution in [3.05, 3.63) is 42.5 Å². The Bertz CT molecular complexity index is 658. The van der Waals surface area contributed by atoms with Crippen molar-refractivity contribution >= 4 is 22.3 Å². The smallest absolute Gasteiger partial charge is 0.859 e. The van der Waals surface area contributed by atoms with Crippen molar-refractivity contribution in [1.82, 2.24) is 0 Å². The maximum Gasteiger partial charge on any atom is 1.00 e. The summed E-state index contributed by atoms with van der Waals surface area (Å²) in [5, 5.41) is 21.9. The van der Waals surface area contributed by atoms with E-state index in [-0.39, 0.29) is 71.3 Å². The van der Waals surface area contributed by atoms with Crippen LogP contribution in [0.5, 0.6) is 5.75 Å². The molecule has 0 unspecified atom stereocenters. The Kier molecular flexibility index (Phi) is 12.1. The Balaban J connectivity index is 0. The molecule has 0 aromatic heterocycles. The van der Waals surface area contributed by atoms with Gasteiger partial charge in [-0.15, -0.1) is 0 Å². The molecule has 0 fully saturated rings.